The van der Waals surface area contributed by atoms with E-state index in [2.05, 4.69) is 37.9 Å². The average molecular weight is 324 g/mol. The Balaban J connectivity index is 1.93. The molecule has 0 fully saturated rings. The minimum atomic E-state index is -0.594. The van der Waals surface area contributed by atoms with E-state index in [9.17, 15) is 10.2 Å². The molecule has 2 aromatic rings. The summed E-state index contributed by atoms with van der Waals surface area (Å²) in [6, 6.07) is 4.27. The van der Waals surface area contributed by atoms with E-state index >= 15 is 0 Å². The van der Waals surface area contributed by atoms with E-state index in [1.165, 1.54) is 11.1 Å². The normalized spacial score (nSPS) is 18.9. The molecule has 2 atom stereocenters. The van der Waals surface area contributed by atoms with Gasteiger partial charge in [0.25, 0.3) is 0 Å². The highest BCUT2D eigenvalue weighted by molar-refractivity contribution is 5.55. The van der Waals surface area contributed by atoms with Crippen LogP contribution in [0, 0.1) is 19.8 Å². The van der Waals surface area contributed by atoms with Gasteiger partial charge in [0.15, 0.2) is 0 Å². The lowest BCUT2D eigenvalue weighted by molar-refractivity contribution is 0.130. The Hall–Kier alpha value is -2.33. The second-order valence-corrected chi connectivity index (χ2v) is 6.48. The fourth-order valence-electron chi connectivity index (χ4n) is 3.58. The molecule has 0 spiro atoms. The van der Waals surface area contributed by atoms with Crippen molar-refractivity contribution in [2.45, 2.75) is 39.7 Å². The van der Waals surface area contributed by atoms with Gasteiger partial charge >= 0.3 is 0 Å². The number of aliphatic hydroxyl groups excluding tert-OH is 2. The van der Waals surface area contributed by atoms with Gasteiger partial charge in [0.1, 0.15) is 5.76 Å². The van der Waals surface area contributed by atoms with Gasteiger partial charge in [0, 0.05) is 24.7 Å². The van der Waals surface area contributed by atoms with E-state index in [1.807, 2.05) is 12.3 Å². The van der Waals surface area contributed by atoms with Crippen molar-refractivity contribution in [1.29, 1.82) is 0 Å². The first-order valence-corrected chi connectivity index (χ1v) is 8.38. The van der Waals surface area contributed by atoms with Crippen LogP contribution in [0.15, 0.2) is 48.8 Å². The van der Waals surface area contributed by atoms with Crippen LogP contribution in [-0.2, 0) is 6.42 Å². The number of allylic oxidation sites excluding steroid dienone is 2. The third-order valence-corrected chi connectivity index (χ3v) is 4.74. The van der Waals surface area contributed by atoms with Gasteiger partial charge in [-0.05, 0) is 43.0 Å². The number of hydrogen-bond acceptors (Lipinski definition) is 3. The summed E-state index contributed by atoms with van der Waals surface area (Å²) in [6.45, 7) is 6.26. The minimum Gasteiger partial charge on any atom is -0.506 e. The lowest BCUT2D eigenvalue weighted by atomic mass is 9.83. The summed E-state index contributed by atoms with van der Waals surface area (Å²) in [5.74, 6) is 0.151. The van der Waals surface area contributed by atoms with Crippen LogP contribution >= 0.6 is 0 Å². The summed E-state index contributed by atoms with van der Waals surface area (Å²) in [4.78, 5) is 4.04. The van der Waals surface area contributed by atoms with E-state index in [4.69, 9.17) is 0 Å². The molecule has 4 nitrogen and oxygen atoms in total. The molecule has 0 amide bonds. The second-order valence-electron chi connectivity index (χ2n) is 6.48. The quantitative estimate of drug-likeness (QED) is 0.890. The van der Waals surface area contributed by atoms with Crippen LogP contribution in [0.25, 0.3) is 5.70 Å². The first kappa shape index (κ1) is 16.5. The molecule has 1 aromatic heterocycles. The fourth-order valence-corrected chi connectivity index (χ4v) is 3.58. The van der Waals surface area contributed by atoms with E-state index < -0.39 is 6.10 Å². The van der Waals surface area contributed by atoms with Crippen LogP contribution in [0.4, 0.5) is 0 Å². The molecule has 0 saturated carbocycles. The Labute approximate surface area is 142 Å². The maximum Gasteiger partial charge on any atom is 0.135 e. The monoisotopic (exact) mass is 324 g/mol. The molecule has 4 heteroatoms. The summed E-state index contributed by atoms with van der Waals surface area (Å²) in [7, 11) is 0. The molecule has 1 aromatic carbocycles. The van der Waals surface area contributed by atoms with Crippen molar-refractivity contribution in [3.05, 3.63) is 71.0 Å². The average Bonchev–Trinajstić information content (AvgIpc) is 3.08. The largest absolute Gasteiger partial charge is 0.506 e. The van der Waals surface area contributed by atoms with Crippen molar-refractivity contribution in [3.63, 3.8) is 0 Å². The van der Waals surface area contributed by atoms with Crippen LogP contribution in [0.1, 0.15) is 41.7 Å². The van der Waals surface area contributed by atoms with E-state index in [1.54, 1.807) is 23.2 Å². The molecule has 0 bridgehead atoms. The highest BCUT2D eigenvalue weighted by Gasteiger charge is 2.27. The van der Waals surface area contributed by atoms with Gasteiger partial charge in [0.05, 0.1) is 18.1 Å². The van der Waals surface area contributed by atoms with Crippen molar-refractivity contribution >= 4 is 5.70 Å². The van der Waals surface area contributed by atoms with E-state index in [-0.39, 0.29) is 11.7 Å². The molecule has 1 heterocycles. The standard InChI is InChI=1S/C20H24N2O2/c1-4-15-10-13(2)9-14(3)19(15)20(24)16-5-6-18(23)17(11-16)22-8-7-21-12-22/h5-10,12,16,20,23-24H,4,11H2,1-3H3. The number of benzene rings is 1. The summed E-state index contributed by atoms with van der Waals surface area (Å²) >= 11 is 0. The van der Waals surface area contributed by atoms with Gasteiger partial charge in [-0.3, -0.25) is 0 Å². The van der Waals surface area contributed by atoms with Crippen molar-refractivity contribution in [1.82, 2.24) is 9.55 Å². The van der Waals surface area contributed by atoms with Crippen LogP contribution in [0.3, 0.4) is 0 Å². The molecule has 1 aliphatic rings. The predicted molar refractivity (Wildman–Crippen MR) is 95.6 cm³/mol. The van der Waals surface area contributed by atoms with Crippen molar-refractivity contribution in [3.8, 4) is 0 Å². The predicted octanol–water partition coefficient (Wildman–Crippen LogP) is 4.10. The molecule has 2 N–H and O–H groups in total. The third kappa shape index (κ3) is 3.02. The molecule has 24 heavy (non-hydrogen) atoms. The van der Waals surface area contributed by atoms with Crippen molar-refractivity contribution in [2.24, 2.45) is 5.92 Å². The highest BCUT2D eigenvalue weighted by Crippen LogP contribution is 2.37. The maximum atomic E-state index is 11.1. The number of nitrogens with zero attached hydrogens (tertiary/aromatic N) is 2. The van der Waals surface area contributed by atoms with Gasteiger partial charge in [-0.2, -0.15) is 0 Å². The van der Waals surface area contributed by atoms with Gasteiger partial charge in [-0.15, -0.1) is 0 Å². The molecule has 126 valence electrons. The van der Waals surface area contributed by atoms with E-state index in [0.29, 0.717) is 6.42 Å². The zero-order chi connectivity index (χ0) is 17.3. The van der Waals surface area contributed by atoms with E-state index in [0.717, 1.165) is 23.2 Å². The molecule has 3 rings (SSSR count). The maximum absolute atomic E-state index is 11.1. The number of aryl methyl sites for hydroxylation is 3. The topological polar surface area (TPSA) is 58.3 Å². The lowest BCUT2D eigenvalue weighted by Gasteiger charge is -2.28. The zero-order valence-corrected chi connectivity index (χ0v) is 14.4. The smallest absolute Gasteiger partial charge is 0.135 e. The first-order chi connectivity index (χ1) is 11.5. The number of imidazole rings is 1. The molecular formula is C20H24N2O2. The van der Waals surface area contributed by atoms with Crippen molar-refractivity contribution < 1.29 is 10.2 Å². The highest BCUT2D eigenvalue weighted by atomic mass is 16.3. The number of aromatic nitrogens is 2. The zero-order valence-electron chi connectivity index (χ0n) is 14.4. The minimum absolute atomic E-state index is 0.0787. The Morgan fingerprint density at radius 1 is 1.33 bits per heavy atom. The summed E-state index contributed by atoms with van der Waals surface area (Å²) in [6.07, 6.45) is 9.61. The summed E-state index contributed by atoms with van der Waals surface area (Å²) in [5.41, 5.74) is 5.31. The molecule has 0 radical (unpaired) electrons. The molecule has 0 saturated heterocycles. The third-order valence-electron chi connectivity index (χ3n) is 4.74. The van der Waals surface area contributed by atoms with Crippen LogP contribution in [0.2, 0.25) is 0 Å². The lowest BCUT2D eigenvalue weighted by Crippen LogP contribution is -2.18. The van der Waals surface area contributed by atoms with Gasteiger partial charge < -0.3 is 14.8 Å². The SMILES string of the molecule is CCc1cc(C)cc(C)c1C(O)C1C=CC(O)=C(n2ccnc2)C1. The van der Waals surface area contributed by atoms with Gasteiger partial charge in [-0.25, -0.2) is 4.98 Å². The van der Waals surface area contributed by atoms with Crippen LogP contribution in [0.5, 0.6) is 0 Å². The Kier molecular flexibility index (Phi) is 4.58. The Morgan fingerprint density at radius 2 is 2.12 bits per heavy atom. The molecule has 1 aliphatic carbocycles. The number of aliphatic hydroxyl groups is 2. The van der Waals surface area contributed by atoms with Gasteiger partial charge in [0.2, 0.25) is 0 Å². The molecule has 2 unspecified atom stereocenters. The Bertz CT molecular complexity index is 788. The summed E-state index contributed by atoms with van der Waals surface area (Å²) in [5, 5.41) is 21.2. The summed E-state index contributed by atoms with van der Waals surface area (Å²) < 4.78 is 1.81. The van der Waals surface area contributed by atoms with Crippen molar-refractivity contribution in [2.75, 3.05) is 0 Å². The second kappa shape index (κ2) is 6.65. The van der Waals surface area contributed by atoms with Crippen LogP contribution in [-0.4, -0.2) is 19.8 Å². The fraction of sp³-hybridized carbons (Fsp3) is 0.350. The number of hydrogen-bond donors (Lipinski definition) is 2. The Morgan fingerprint density at radius 3 is 2.79 bits per heavy atom. The first-order valence-electron chi connectivity index (χ1n) is 8.38. The number of rotatable bonds is 4. The molecule has 0 aliphatic heterocycles. The molecular weight excluding hydrogens is 300 g/mol. The van der Waals surface area contributed by atoms with Gasteiger partial charge in [-0.1, -0.05) is 30.7 Å². The van der Waals surface area contributed by atoms with Crippen LogP contribution < -0.4 is 0 Å².